The number of aliphatic hydroxyl groups excluding tert-OH is 1. The molecule has 0 spiro atoms. The molecule has 282 valence electrons. The van der Waals surface area contributed by atoms with Gasteiger partial charge in [0, 0.05) is 12.8 Å². The van der Waals surface area contributed by atoms with Crippen LogP contribution < -0.4 is 5.32 Å². The zero-order chi connectivity index (χ0) is 36.4. The fourth-order valence-corrected chi connectivity index (χ4v) is 5.24. The van der Waals surface area contributed by atoms with E-state index >= 15 is 0 Å². The van der Waals surface area contributed by atoms with Gasteiger partial charge in [-0.3, -0.25) is 18.6 Å². The maximum atomic E-state index is 12.1. The van der Waals surface area contributed by atoms with Crippen LogP contribution in [0.15, 0.2) is 48.6 Å². The van der Waals surface area contributed by atoms with Crippen molar-refractivity contribution in [1.29, 1.82) is 0 Å². The van der Waals surface area contributed by atoms with Gasteiger partial charge < -0.3 is 25.2 Å². The molecule has 0 radical (unpaired) electrons. The van der Waals surface area contributed by atoms with E-state index in [2.05, 4.69) is 69.9 Å². The summed E-state index contributed by atoms with van der Waals surface area (Å²) in [5, 5.41) is 21.5. The van der Waals surface area contributed by atoms with E-state index in [1.165, 1.54) is 25.7 Å². The molecule has 0 heterocycles. The van der Waals surface area contributed by atoms with Crippen LogP contribution >= 0.6 is 7.82 Å². The molecule has 0 saturated heterocycles. The lowest BCUT2D eigenvalue weighted by Crippen LogP contribution is -2.43. The van der Waals surface area contributed by atoms with Gasteiger partial charge in [0.25, 0.3) is 0 Å². The maximum Gasteiger partial charge on any atom is 0.472 e. The number of phosphoric acid groups is 1. The highest BCUT2D eigenvalue weighted by atomic mass is 31.2. The summed E-state index contributed by atoms with van der Waals surface area (Å²) < 4.78 is 26.5. The van der Waals surface area contributed by atoms with Crippen LogP contribution in [0.3, 0.4) is 0 Å². The average molecular weight is 714 g/mol. The van der Waals surface area contributed by atoms with E-state index < -0.39 is 57.6 Å². The summed E-state index contributed by atoms with van der Waals surface area (Å²) in [5.74, 6) is -2.43. The van der Waals surface area contributed by atoms with Gasteiger partial charge in [0.15, 0.2) is 6.04 Å². The minimum atomic E-state index is -4.74. The van der Waals surface area contributed by atoms with E-state index in [-0.39, 0.29) is 12.8 Å². The number of esters is 1. The van der Waals surface area contributed by atoms with Crippen LogP contribution in [0.5, 0.6) is 0 Å². The van der Waals surface area contributed by atoms with Crippen molar-refractivity contribution in [3.63, 3.8) is 0 Å². The number of nitrogens with one attached hydrogen (secondary N) is 1. The predicted molar refractivity (Wildman–Crippen MR) is 194 cm³/mol. The Morgan fingerprint density at radius 1 is 0.653 bits per heavy atom. The van der Waals surface area contributed by atoms with Crippen molar-refractivity contribution in [1.82, 2.24) is 5.32 Å². The summed E-state index contributed by atoms with van der Waals surface area (Å²) in [4.78, 5) is 45.1. The number of unbranched alkanes of at least 4 members (excludes halogenated alkanes) is 11. The molecule has 0 fully saturated rings. The van der Waals surface area contributed by atoms with Crippen molar-refractivity contribution < 1.29 is 47.8 Å². The molecule has 3 unspecified atom stereocenters. The third-order valence-corrected chi connectivity index (χ3v) is 8.32. The van der Waals surface area contributed by atoms with Gasteiger partial charge in [-0.15, -0.1) is 0 Å². The molecule has 3 atom stereocenters. The Morgan fingerprint density at radius 2 is 1.12 bits per heavy atom. The highest BCUT2D eigenvalue weighted by Gasteiger charge is 2.28. The quantitative estimate of drug-likeness (QED) is 0.0225. The molecule has 4 N–H and O–H groups in total. The number of aliphatic hydroxyl groups is 1. The first kappa shape index (κ1) is 46.4. The lowest BCUT2D eigenvalue weighted by atomic mass is 10.1. The summed E-state index contributed by atoms with van der Waals surface area (Å²) in [6.07, 6.45) is 33.8. The Hall–Kier alpha value is -2.56. The first-order chi connectivity index (χ1) is 23.6. The van der Waals surface area contributed by atoms with E-state index in [4.69, 9.17) is 4.74 Å². The molecule has 12 heteroatoms. The number of carboxylic acids is 1. The van der Waals surface area contributed by atoms with Gasteiger partial charge in [-0.05, 0) is 57.8 Å². The zero-order valence-corrected chi connectivity index (χ0v) is 30.9. The van der Waals surface area contributed by atoms with Crippen LogP contribution in [0.2, 0.25) is 0 Å². The number of ether oxygens (including phenoxy) is 1. The van der Waals surface area contributed by atoms with Crippen molar-refractivity contribution in [2.75, 3.05) is 19.8 Å². The van der Waals surface area contributed by atoms with Crippen LogP contribution in [0.4, 0.5) is 0 Å². The lowest BCUT2D eigenvalue weighted by molar-refractivity contribution is -0.147. The van der Waals surface area contributed by atoms with Crippen LogP contribution in [0, 0.1) is 0 Å². The van der Waals surface area contributed by atoms with Crippen molar-refractivity contribution >= 4 is 25.7 Å². The Morgan fingerprint density at radius 3 is 1.71 bits per heavy atom. The third kappa shape index (κ3) is 32.4. The molecule has 0 aromatic carbocycles. The molecule has 0 saturated carbocycles. The second kappa shape index (κ2) is 32.6. The average Bonchev–Trinajstić information content (AvgIpc) is 3.07. The van der Waals surface area contributed by atoms with E-state index in [1.54, 1.807) is 0 Å². The fraction of sp³-hybridized carbons (Fsp3) is 0.703. The summed E-state index contributed by atoms with van der Waals surface area (Å²) in [5.41, 5.74) is 0. The number of hydrogen-bond acceptors (Lipinski definition) is 8. The number of carbonyl (C=O) groups is 3. The second-order valence-electron chi connectivity index (χ2n) is 12.1. The maximum absolute atomic E-state index is 12.1. The summed E-state index contributed by atoms with van der Waals surface area (Å²) in [7, 11) is -4.74. The SMILES string of the molecule is CCCCC/C=C\C/C=C\C/C=C\C/C=C\CCCCCCCC(=O)OCC(O)COP(=O)(O)OCC(NC(=O)CCCCCC)C(=O)O. The summed E-state index contributed by atoms with van der Waals surface area (Å²) in [6, 6.07) is -1.54. The van der Waals surface area contributed by atoms with E-state index in [0.717, 1.165) is 70.6 Å². The number of allylic oxidation sites excluding steroid dienone is 8. The van der Waals surface area contributed by atoms with Gasteiger partial charge in [0.05, 0.1) is 13.2 Å². The molecule has 1 amide bonds. The highest BCUT2D eigenvalue weighted by Crippen LogP contribution is 2.43. The van der Waals surface area contributed by atoms with Gasteiger partial charge >= 0.3 is 19.8 Å². The van der Waals surface area contributed by atoms with Crippen LogP contribution in [0.25, 0.3) is 0 Å². The van der Waals surface area contributed by atoms with E-state index in [1.807, 2.05) is 6.92 Å². The standard InChI is InChI=1S/C37H64NO10P/c1-3-5-7-9-10-11-12-13-14-15-16-17-18-19-20-21-22-23-24-25-27-29-36(41)46-30-33(39)31-47-49(44,45)48-32-34(37(42)43)38-35(40)28-26-8-6-4-2/h10-11,13-14,16-17,19-20,33-34,39H,3-9,12,15,18,21-32H2,1-2H3,(H,38,40)(H,42,43)(H,44,45)/b11-10-,14-13-,17-16-,20-19-. The van der Waals surface area contributed by atoms with E-state index in [0.29, 0.717) is 12.8 Å². The molecule has 11 nitrogen and oxygen atoms in total. The number of carboxylic acid groups (broad SMARTS) is 1. The minimum Gasteiger partial charge on any atom is -0.480 e. The first-order valence-corrected chi connectivity index (χ1v) is 19.7. The van der Waals surface area contributed by atoms with Gasteiger partial charge in [0.2, 0.25) is 5.91 Å². The normalized spacial score (nSPS) is 14.5. The molecule has 0 rings (SSSR count). The van der Waals surface area contributed by atoms with Crippen LogP contribution in [-0.4, -0.2) is 64.9 Å². The topological polar surface area (TPSA) is 169 Å². The van der Waals surface area contributed by atoms with Crippen LogP contribution in [-0.2, 0) is 32.7 Å². The van der Waals surface area contributed by atoms with Gasteiger partial charge in [0.1, 0.15) is 12.7 Å². The van der Waals surface area contributed by atoms with Crippen molar-refractivity contribution in [3.05, 3.63) is 48.6 Å². The first-order valence-electron chi connectivity index (χ1n) is 18.2. The molecular weight excluding hydrogens is 649 g/mol. The van der Waals surface area contributed by atoms with E-state index in [9.17, 15) is 34.1 Å². The van der Waals surface area contributed by atoms with Crippen molar-refractivity contribution in [2.24, 2.45) is 0 Å². The lowest BCUT2D eigenvalue weighted by Gasteiger charge is -2.18. The monoisotopic (exact) mass is 713 g/mol. The largest absolute Gasteiger partial charge is 0.480 e. The molecule has 0 aromatic heterocycles. The predicted octanol–water partition coefficient (Wildman–Crippen LogP) is 8.27. The molecule has 0 aliphatic heterocycles. The smallest absolute Gasteiger partial charge is 0.472 e. The Balaban J connectivity index is 3.88. The Labute approximate surface area is 294 Å². The molecule has 0 aliphatic carbocycles. The Kier molecular flexibility index (Phi) is 30.9. The zero-order valence-electron chi connectivity index (χ0n) is 30.0. The summed E-state index contributed by atoms with van der Waals surface area (Å²) in [6.45, 7) is 2.33. The molecule has 0 bridgehead atoms. The van der Waals surface area contributed by atoms with Crippen molar-refractivity contribution in [2.45, 2.75) is 148 Å². The highest BCUT2D eigenvalue weighted by molar-refractivity contribution is 7.47. The molecule has 0 aromatic rings. The molecule has 49 heavy (non-hydrogen) atoms. The Bertz CT molecular complexity index is 1030. The van der Waals surface area contributed by atoms with Gasteiger partial charge in [-0.25, -0.2) is 9.36 Å². The van der Waals surface area contributed by atoms with Crippen LogP contribution in [0.1, 0.15) is 136 Å². The number of phosphoric ester groups is 1. The fourth-order valence-electron chi connectivity index (χ4n) is 4.47. The van der Waals surface area contributed by atoms with Crippen molar-refractivity contribution in [3.8, 4) is 0 Å². The second-order valence-corrected chi connectivity index (χ2v) is 13.5. The third-order valence-electron chi connectivity index (χ3n) is 7.37. The number of carbonyl (C=O) groups excluding carboxylic acids is 2. The number of aliphatic carboxylic acids is 1. The number of rotatable bonds is 33. The number of amides is 1. The molecule has 0 aliphatic rings. The summed E-state index contributed by atoms with van der Waals surface area (Å²) >= 11 is 0. The van der Waals surface area contributed by atoms with Gasteiger partial charge in [-0.2, -0.15) is 0 Å². The van der Waals surface area contributed by atoms with Gasteiger partial charge in [-0.1, -0.05) is 114 Å². The molecular formula is C37H64NO10P. The minimum absolute atomic E-state index is 0.134. The number of hydrogen-bond donors (Lipinski definition) is 4.